The summed E-state index contributed by atoms with van der Waals surface area (Å²) in [6.45, 7) is 2.83. The first-order valence-electron chi connectivity index (χ1n) is 13.5. The summed E-state index contributed by atoms with van der Waals surface area (Å²) in [6, 6.07) is 13.6. The van der Waals surface area contributed by atoms with E-state index in [9.17, 15) is 19.2 Å². The minimum absolute atomic E-state index is 0. The fourth-order valence-corrected chi connectivity index (χ4v) is 5.08. The van der Waals surface area contributed by atoms with E-state index in [1.54, 1.807) is 55.6 Å². The van der Waals surface area contributed by atoms with Gasteiger partial charge in [0.25, 0.3) is 0 Å². The van der Waals surface area contributed by atoms with Crippen LogP contribution in [0.1, 0.15) is 23.7 Å². The van der Waals surface area contributed by atoms with Crippen LogP contribution in [0.4, 0.5) is 11.4 Å². The summed E-state index contributed by atoms with van der Waals surface area (Å²) >= 11 is 16.7. The van der Waals surface area contributed by atoms with Crippen LogP contribution in [0.5, 0.6) is 5.75 Å². The average Bonchev–Trinajstić information content (AvgIpc) is 3.31. The summed E-state index contributed by atoms with van der Waals surface area (Å²) in [5.74, 6) is -1.01. The van der Waals surface area contributed by atoms with E-state index in [1.165, 1.54) is 17.9 Å². The van der Waals surface area contributed by atoms with E-state index >= 15 is 0 Å². The molecule has 15 heteroatoms. The van der Waals surface area contributed by atoms with E-state index < -0.39 is 11.8 Å². The molecule has 0 saturated carbocycles. The van der Waals surface area contributed by atoms with Crippen LogP contribution >= 0.6 is 51.5 Å². The summed E-state index contributed by atoms with van der Waals surface area (Å²) in [6.07, 6.45) is 4.73. The first-order valence-corrected chi connectivity index (χ1v) is 15.1. The van der Waals surface area contributed by atoms with E-state index in [0.29, 0.717) is 38.9 Å². The van der Waals surface area contributed by atoms with E-state index in [4.69, 9.17) is 27.9 Å². The number of halogens is 4. The molecule has 0 aliphatic carbocycles. The van der Waals surface area contributed by atoms with E-state index in [1.807, 2.05) is 23.6 Å². The van der Waals surface area contributed by atoms with Gasteiger partial charge in [-0.25, -0.2) is 4.98 Å². The Morgan fingerprint density at radius 2 is 1.76 bits per heavy atom. The molecule has 4 amide bonds. The van der Waals surface area contributed by atoms with Gasteiger partial charge in [0.15, 0.2) is 11.4 Å². The zero-order valence-electron chi connectivity index (χ0n) is 24.9. The minimum atomic E-state index is -0.476. The Kier molecular flexibility index (Phi) is 13.0. The Labute approximate surface area is 289 Å². The number of hydrogen-bond acceptors (Lipinski definition) is 6. The highest BCUT2D eigenvalue weighted by molar-refractivity contribution is 9.10. The van der Waals surface area contributed by atoms with Gasteiger partial charge in [-0.3, -0.25) is 23.6 Å². The molecule has 11 nitrogen and oxygen atoms in total. The zero-order valence-corrected chi connectivity index (χ0v) is 28.8. The molecule has 0 radical (unpaired) electrons. The number of ether oxygens (including phenoxy) is 1. The Morgan fingerprint density at radius 1 is 1.04 bits per heavy atom. The van der Waals surface area contributed by atoms with Gasteiger partial charge in [0.2, 0.25) is 23.6 Å². The SMILES string of the molecule is CC(=O)NCC(=O)Nc1ccc(C=CC(=O)NCC(=O)N(C)c2ccc(Cl)c(COc3cccn4c(Br)c(C)nc34)c2Cl)cc1.Cl. The largest absolute Gasteiger partial charge is 0.485 e. The Morgan fingerprint density at radius 3 is 2.46 bits per heavy atom. The van der Waals surface area contributed by atoms with Crippen LogP contribution in [0, 0.1) is 6.92 Å². The number of nitrogens with one attached hydrogen (secondary N) is 3. The maximum atomic E-state index is 12.9. The maximum Gasteiger partial charge on any atom is 0.246 e. The monoisotopic (exact) mass is 750 g/mol. The Hall–Kier alpha value is -4.10. The lowest BCUT2D eigenvalue weighted by Gasteiger charge is -2.21. The first-order chi connectivity index (χ1) is 21.4. The van der Waals surface area contributed by atoms with Crippen LogP contribution < -0.4 is 25.6 Å². The van der Waals surface area contributed by atoms with Crippen LogP contribution in [0.3, 0.4) is 0 Å². The number of hydrogen-bond donors (Lipinski definition) is 3. The second kappa shape index (κ2) is 16.5. The number of benzene rings is 2. The van der Waals surface area contributed by atoms with Crippen LogP contribution in [-0.4, -0.2) is 53.2 Å². The summed E-state index contributed by atoms with van der Waals surface area (Å²) < 4.78 is 8.72. The maximum absolute atomic E-state index is 12.9. The summed E-state index contributed by atoms with van der Waals surface area (Å²) in [7, 11) is 1.55. The number of aryl methyl sites for hydroxylation is 1. The number of rotatable bonds is 11. The number of likely N-dealkylation sites (N-methyl/N-ethyl adjacent to an activating group) is 1. The number of imidazole rings is 1. The third-order valence-electron chi connectivity index (χ3n) is 6.52. The third kappa shape index (κ3) is 9.23. The van der Waals surface area contributed by atoms with E-state index in [2.05, 4.69) is 36.9 Å². The lowest BCUT2D eigenvalue weighted by molar-refractivity contribution is -0.122. The van der Waals surface area contributed by atoms with Gasteiger partial charge in [-0.15, -0.1) is 12.4 Å². The van der Waals surface area contributed by atoms with Crippen molar-refractivity contribution in [1.82, 2.24) is 20.0 Å². The number of aromatic nitrogens is 2. The van der Waals surface area contributed by atoms with Crippen molar-refractivity contribution >= 4 is 98.3 Å². The van der Waals surface area contributed by atoms with Gasteiger partial charge in [0.1, 0.15) is 11.2 Å². The van der Waals surface area contributed by atoms with Crippen molar-refractivity contribution in [3.63, 3.8) is 0 Å². The second-order valence-electron chi connectivity index (χ2n) is 9.79. The van der Waals surface area contributed by atoms with Crippen molar-refractivity contribution in [2.45, 2.75) is 20.5 Å². The fourth-order valence-electron chi connectivity index (χ4n) is 4.10. The number of pyridine rings is 1. The molecule has 46 heavy (non-hydrogen) atoms. The molecule has 3 N–H and O–H groups in total. The van der Waals surface area contributed by atoms with Crippen molar-refractivity contribution in [2.75, 3.05) is 30.4 Å². The highest BCUT2D eigenvalue weighted by Gasteiger charge is 2.20. The first kappa shape index (κ1) is 36.4. The number of fused-ring (bicyclic) bond motifs is 1. The molecule has 242 valence electrons. The Balaban J connectivity index is 0.00000576. The molecule has 0 spiro atoms. The van der Waals surface area contributed by atoms with Crippen molar-refractivity contribution < 1.29 is 23.9 Å². The lowest BCUT2D eigenvalue weighted by atomic mass is 10.2. The molecule has 0 atom stereocenters. The minimum Gasteiger partial charge on any atom is -0.485 e. The van der Waals surface area contributed by atoms with Gasteiger partial charge in [0, 0.05) is 42.5 Å². The number of anilines is 2. The molecule has 0 unspecified atom stereocenters. The summed E-state index contributed by atoms with van der Waals surface area (Å²) in [4.78, 5) is 53.9. The van der Waals surface area contributed by atoms with Crippen molar-refractivity contribution in [2.24, 2.45) is 0 Å². The lowest BCUT2D eigenvalue weighted by Crippen LogP contribution is -2.37. The van der Waals surface area contributed by atoms with E-state index in [-0.39, 0.29) is 48.9 Å². The quantitative estimate of drug-likeness (QED) is 0.172. The van der Waals surface area contributed by atoms with Crippen LogP contribution in [0.2, 0.25) is 10.0 Å². The molecule has 2 aromatic carbocycles. The van der Waals surface area contributed by atoms with Gasteiger partial charge < -0.3 is 25.6 Å². The van der Waals surface area contributed by atoms with Gasteiger partial charge in [-0.05, 0) is 70.9 Å². The van der Waals surface area contributed by atoms with Crippen molar-refractivity contribution in [3.8, 4) is 5.75 Å². The zero-order chi connectivity index (χ0) is 32.7. The molecule has 0 aliphatic heterocycles. The molecule has 4 rings (SSSR count). The Bertz CT molecular complexity index is 1800. The fraction of sp³-hybridized carbons (Fsp3) is 0.194. The molecule has 0 saturated heterocycles. The molecule has 0 aliphatic rings. The standard InChI is InChI=1S/C31H29BrCl2N6O5.ClH/c1-18-30(32)40-14-4-5-25(31(40)37-18)45-17-22-23(33)11-12-24(29(22)34)39(3)28(44)16-36-26(42)13-8-20-6-9-21(10-7-20)38-27(43)15-35-19(2)41;/h4-14H,15-17H2,1-3H3,(H,35,41)(H,36,42)(H,38,43);1H. The van der Waals surface area contributed by atoms with Crippen LogP contribution in [-0.2, 0) is 25.8 Å². The molecule has 2 heterocycles. The van der Waals surface area contributed by atoms with Crippen molar-refractivity contribution in [1.29, 1.82) is 0 Å². The van der Waals surface area contributed by atoms with Gasteiger partial charge in [-0.1, -0.05) is 35.3 Å². The molecule has 2 aromatic heterocycles. The second-order valence-corrected chi connectivity index (χ2v) is 11.3. The highest BCUT2D eigenvalue weighted by Crippen LogP contribution is 2.35. The highest BCUT2D eigenvalue weighted by atomic mass is 79.9. The smallest absolute Gasteiger partial charge is 0.246 e. The third-order valence-corrected chi connectivity index (χ3v) is 8.25. The number of nitrogens with zero attached hydrogens (tertiary/aromatic N) is 3. The average molecular weight is 753 g/mol. The molecule has 0 fully saturated rings. The van der Waals surface area contributed by atoms with Gasteiger partial charge in [0.05, 0.1) is 29.5 Å². The number of amides is 4. The molecular formula is C31H30BrCl3N6O5. The molecular weight excluding hydrogens is 723 g/mol. The normalized spacial score (nSPS) is 10.7. The predicted octanol–water partition coefficient (Wildman–Crippen LogP) is 5.58. The van der Waals surface area contributed by atoms with Crippen LogP contribution in [0.15, 0.2) is 65.4 Å². The molecule has 4 aromatic rings. The van der Waals surface area contributed by atoms with Crippen molar-refractivity contribution in [3.05, 3.63) is 92.3 Å². The topological polar surface area (TPSA) is 134 Å². The number of carbonyl (C=O) groups excluding carboxylic acids is 4. The molecule has 0 bridgehead atoms. The summed E-state index contributed by atoms with van der Waals surface area (Å²) in [5.41, 5.74) is 3.56. The predicted molar refractivity (Wildman–Crippen MR) is 185 cm³/mol. The number of carbonyl (C=O) groups is 4. The van der Waals surface area contributed by atoms with Gasteiger partial charge >= 0.3 is 0 Å². The summed E-state index contributed by atoms with van der Waals surface area (Å²) in [5, 5.41) is 8.25. The van der Waals surface area contributed by atoms with Gasteiger partial charge in [-0.2, -0.15) is 0 Å². The van der Waals surface area contributed by atoms with E-state index in [0.717, 1.165) is 10.3 Å². The van der Waals surface area contributed by atoms with Crippen LogP contribution in [0.25, 0.3) is 11.7 Å².